The quantitative estimate of drug-likeness (QED) is 0.779. The zero-order valence-corrected chi connectivity index (χ0v) is 16.0. The van der Waals surface area contributed by atoms with Crippen LogP contribution in [0.1, 0.15) is 59.7 Å². The maximum Gasteiger partial charge on any atom is 0.277 e. The second kappa shape index (κ2) is 7.35. The number of fused-ring (bicyclic) bond motifs is 1. The van der Waals surface area contributed by atoms with Gasteiger partial charge in [-0.1, -0.05) is 32.0 Å². The molecule has 3 nitrogen and oxygen atoms in total. The molecule has 140 valence electrons. The van der Waals surface area contributed by atoms with Gasteiger partial charge in [0.15, 0.2) is 0 Å². The maximum atomic E-state index is 14.4. The van der Waals surface area contributed by atoms with Crippen molar-refractivity contribution in [2.75, 3.05) is 19.6 Å². The standard InChI is InChI=1S/C23H25FN2O/c1-3-15-11-17(5-6-19(15)16-7-9-26(4-2)10-8-16)18-12-20-21(22(24)13-18)14-25-23(20)27/h5-6,11-14,16H,3-4,7-10H2,1-2H3. The number of halogens is 1. The summed E-state index contributed by atoms with van der Waals surface area (Å²) < 4.78 is 14.4. The molecule has 0 atom stereocenters. The summed E-state index contributed by atoms with van der Waals surface area (Å²) in [6, 6.07) is 9.73. The predicted molar refractivity (Wildman–Crippen MR) is 107 cm³/mol. The smallest absolute Gasteiger partial charge is 0.277 e. The highest BCUT2D eigenvalue weighted by Gasteiger charge is 2.23. The molecular formula is C23H25FN2O. The molecule has 4 rings (SSSR count). The van der Waals surface area contributed by atoms with Gasteiger partial charge >= 0.3 is 0 Å². The lowest BCUT2D eigenvalue weighted by Gasteiger charge is -2.32. The van der Waals surface area contributed by atoms with Crippen LogP contribution in [0.25, 0.3) is 11.1 Å². The largest absolute Gasteiger partial charge is 0.304 e. The van der Waals surface area contributed by atoms with Crippen LogP contribution in [0.5, 0.6) is 0 Å². The molecule has 0 radical (unpaired) electrons. The molecule has 0 N–H and O–H groups in total. The molecule has 2 aromatic carbocycles. The van der Waals surface area contributed by atoms with Gasteiger partial charge in [0.2, 0.25) is 0 Å². The number of hydrogen-bond acceptors (Lipinski definition) is 2. The average Bonchev–Trinajstić information content (AvgIpc) is 3.09. The number of benzene rings is 2. The average molecular weight is 364 g/mol. The molecular weight excluding hydrogens is 339 g/mol. The summed E-state index contributed by atoms with van der Waals surface area (Å²) in [5.41, 5.74) is 5.12. The van der Waals surface area contributed by atoms with Crippen LogP contribution in [0.2, 0.25) is 0 Å². The SMILES string of the molecule is CCc1cc(-c2cc(F)c3c(c2)C(=O)N=C3)ccc1C1CCN(CC)CC1. The van der Waals surface area contributed by atoms with Crippen LogP contribution >= 0.6 is 0 Å². The van der Waals surface area contributed by atoms with Crippen molar-refractivity contribution in [3.63, 3.8) is 0 Å². The molecule has 0 saturated carbocycles. The molecule has 0 spiro atoms. The first-order valence-electron chi connectivity index (χ1n) is 9.88. The van der Waals surface area contributed by atoms with Crippen molar-refractivity contribution in [2.45, 2.75) is 39.0 Å². The molecule has 4 heteroatoms. The lowest BCUT2D eigenvalue weighted by Crippen LogP contribution is -2.32. The van der Waals surface area contributed by atoms with E-state index in [1.807, 2.05) is 0 Å². The van der Waals surface area contributed by atoms with Crippen molar-refractivity contribution in [3.8, 4) is 11.1 Å². The minimum Gasteiger partial charge on any atom is -0.304 e. The Labute approximate surface area is 159 Å². The topological polar surface area (TPSA) is 32.7 Å². The highest BCUT2D eigenvalue weighted by atomic mass is 19.1. The van der Waals surface area contributed by atoms with Gasteiger partial charge in [-0.2, -0.15) is 0 Å². The second-order valence-electron chi connectivity index (χ2n) is 7.46. The number of piperidine rings is 1. The van der Waals surface area contributed by atoms with Gasteiger partial charge in [-0.05, 0) is 79.2 Å². The van der Waals surface area contributed by atoms with E-state index in [0.29, 0.717) is 17.0 Å². The number of hydrogen-bond donors (Lipinski definition) is 0. The third-order valence-electron chi connectivity index (χ3n) is 6.00. The van der Waals surface area contributed by atoms with Gasteiger partial charge in [0.05, 0.1) is 5.56 Å². The zero-order chi connectivity index (χ0) is 19.0. The molecule has 1 fully saturated rings. The van der Waals surface area contributed by atoms with Gasteiger partial charge < -0.3 is 4.90 Å². The molecule has 2 aliphatic heterocycles. The molecule has 27 heavy (non-hydrogen) atoms. The number of amides is 1. The molecule has 1 amide bonds. The number of aryl methyl sites for hydroxylation is 1. The summed E-state index contributed by atoms with van der Waals surface area (Å²) in [5.74, 6) is -0.143. The molecule has 0 aromatic heterocycles. The highest BCUT2D eigenvalue weighted by Crippen LogP contribution is 2.34. The fourth-order valence-corrected chi connectivity index (χ4v) is 4.34. The Morgan fingerprint density at radius 2 is 1.89 bits per heavy atom. The Morgan fingerprint density at radius 3 is 2.59 bits per heavy atom. The van der Waals surface area contributed by atoms with Crippen molar-refractivity contribution in [1.82, 2.24) is 4.90 Å². The summed E-state index contributed by atoms with van der Waals surface area (Å²) in [4.78, 5) is 18.1. The van der Waals surface area contributed by atoms with Crippen molar-refractivity contribution >= 4 is 12.1 Å². The minimum atomic E-state index is -0.383. The van der Waals surface area contributed by atoms with Crippen molar-refractivity contribution in [3.05, 3.63) is 58.4 Å². The Kier molecular flexibility index (Phi) is 4.92. The van der Waals surface area contributed by atoms with Crippen LogP contribution in [-0.4, -0.2) is 36.7 Å². The van der Waals surface area contributed by atoms with Crippen LogP contribution in [0.3, 0.4) is 0 Å². The van der Waals surface area contributed by atoms with Gasteiger partial charge in [0, 0.05) is 11.8 Å². The van der Waals surface area contributed by atoms with Gasteiger partial charge in [0.25, 0.3) is 5.91 Å². The molecule has 0 bridgehead atoms. The molecule has 2 aromatic rings. The maximum absolute atomic E-state index is 14.4. The first-order valence-corrected chi connectivity index (χ1v) is 9.88. The van der Waals surface area contributed by atoms with Crippen LogP contribution in [-0.2, 0) is 6.42 Å². The van der Waals surface area contributed by atoms with E-state index in [9.17, 15) is 9.18 Å². The molecule has 0 unspecified atom stereocenters. The number of rotatable bonds is 4. The first-order chi connectivity index (χ1) is 13.1. The van der Waals surface area contributed by atoms with E-state index in [1.165, 1.54) is 36.2 Å². The third-order valence-corrected chi connectivity index (χ3v) is 6.00. The number of likely N-dealkylation sites (tertiary alicyclic amines) is 1. The number of nitrogens with zero attached hydrogens (tertiary/aromatic N) is 2. The normalized spacial score (nSPS) is 17.5. The van der Waals surface area contributed by atoms with Crippen LogP contribution in [0.4, 0.5) is 4.39 Å². The summed E-state index contributed by atoms with van der Waals surface area (Å²) in [6.07, 6.45) is 4.66. The highest BCUT2D eigenvalue weighted by molar-refractivity contribution is 6.13. The van der Waals surface area contributed by atoms with Crippen molar-refractivity contribution < 1.29 is 9.18 Å². The number of carbonyl (C=O) groups excluding carboxylic acids is 1. The van der Waals surface area contributed by atoms with Gasteiger partial charge in [0.1, 0.15) is 5.82 Å². The van der Waals surface area contributed by atoms with E-state index >= 15 is 0 Å². The molecule has 1 saturated heterocycles. The predicted octanol–water partition coefficient (Wildman–Crippen LogP) is 4.83. The third kappa shape index (κ3) is 3.34. The zero-order valence-electron chi connectivity index (χ0n) is 16.0. The van der Waals surface area contributed by atoms with E-state index < -0.39 is 0 Å². The van der Waals surface area contributed by atoms with Crippen molar-refractivity contribution in [1.29, 1.82) is 0 Å². The van der Waals surface area contributed by atoms with E-state index in [-0.39, 0.29) is 11.7 Å². The summed E-state index contributed by atoms with van der Waals surface area (Å²) in [5, 5.41) is 0. The fraction of sp³-hybridized carbons (Fsp3) is 0.391. The van der Waals surface area contributed by atoms with E-state index in [2.05, 4.69) is 41.9 Å². The van der Waals surface area contributed by atoms with Crippen LogP contribution < -0.4 is 0 Å². The summed E-state index contributed by atoms with van der Waals surface area (Å²) in [7, 11) is 0. The van der Waals surface area contributed by atoms with E-state index in [1.54, 1.807) is 6.07 Å². The van der Waals surface area contributed by atoms with Gasteiger partial charge in [-0.15, -0.1) is 0 Å². The lowest BCUT2D eigenvalue weighted by molar-refractivity contribution is 0.101. The molecule has 2 heterocycles. The Morgan fingerprint density at radius 1 is 1.11 bits per heavy atom. The van der Waals surface area contributed by atoms with E-state index in [0.717, 1.165) is 37.2 Å². The molecule has 2 aliphatic rings. The van der Waals surface area contributed by atoms with Crippen molar-refractivity contribution in [2.24, 2.45) is 4.99 Å². The Bertz CT molecular complexity index is 911. The number of carbonyl (C=O) groups is 1. The number of aliphatic imine (C=N–C) groups is 1. The van der Waals surface area contributed by atoms with E-state index in [4.69, 9.17) is 0 Å². The summed E-state index contributed by atoms with van der Waals surface area (Å²) in [6.45, 7) is 7.83. The van der Waals surface area contributed by atoms with Gasteiger partial charge in [-0.3, -0.25) is 4.79 Å². The Balaban J connectivity index is 1.66. The molecule has 0 aliphatic carbocycles. The second-order valence-corrected chi connectivity index (χ2v) is 7.46. The van der Waals surface area contributed by atoms with Crippen LogP contribution in [0.15, 0.2) is 35.3 Å². The lowest BCUT2D eigenvalue weighted by atomic mass is 9.84. The Hall–Kier alpha value is -2.33. The van der Waals surface area contributed by atoms with Gasteiger partial charge in [-0.25, -0.2) is 9.38 Å². The van der Waals surface area contributed by atoms with Crippen LogP contribution in [0, 0.1) is 5.82 Å². The first kappa shape index (κ1) is 18.1. The fourth-order valence-electron chi connectivity index (χ4n) is 4.34. The minimum absolute atomic E-state index is 0.304. The summed E-state index contributed by atoms with van der Waals surface area (Å²) >= 11 is 0. The monoisotopic (exact) mass is 364 g/mol.